The van der Waals surface area contributed by atoms with Crippen molar-refractivity contribution >= 4 is 5.97 Å². The third-order valence-electron chi connectivity index (χ3n) is 6.79. The van der Waals surface area contributed by atoms with Crippen molar-refractivity contribution in [3.63, 3.8) is 0 Å². The summed E-state index contributed by atoms with van der Waals surface area (Å²) >= 11 is 0. The van der Waals surface area contributed by atoms with Crippen molar-refractivity contribution in [2.75, 3.05) is 13.4 Å². The van der Waals surface area contributed by atoms with Crippen molar-refractivity contribution in [2.24, 2.45) is 40.9 Å². The monoisotopic (exact) mass is 352 g/mol. The molecule has 2 saturated carbocycles. The summed E-state index contributed by atoms with van der Waals surface area (Å²) in [4.78, 5) is 12.8. The van der Waals surface area contributed by atoms with Gasteiger partial charge in [-0.05, 0) is 54.3 Å². The molecule has 0 radical (unpaired) electrons. The Morgan fingerprint density at radius 2 is 1.68 bits per heavy atom. The number of hydrogen-bond donors (Lipinski definition) is 0. The fourth-order valence-electron chi connectivity index (χ4n) is 5.93. The van der Waals surface area contributed by atoms with Crippen LogP contribution in [0.4, 0.5) is 0 Å². The van der Waals surface area contributed by atoms with Gasteiger partial charge in [0.05, 0.1) is 24.7 Å². The highest BCUT2D eigenvalue weighted by Gasteiger charge is 2.65. The van der Waals surface area contributed by atoms with Crippen LogP contribution in [-0.4, -0.2) is 31.6 Å². The Morgan fingerprint density at radius 1 is 1.08 bits per heavy atom. The van der Waals surface area contributed by atoms with Crippen molar-refractivity contribution < 1.29 is 19.0 Å². The predicted molar refractivity (Wildman–Crippen MR) is 96.8 cm³/mol. The summed E-state index contributed by atoms with van der Waals surface area (Å²) in [5.74, 6) is 2.61. The Kier molecular flexibility index (Phi) is 5.51. The van der Waals surface area contributed by atoms with Crippen molar-refractivity contribution in [1.29, 1.82) is 0 Å². The number of rotatable bonds is 6. The van der Waals surface area contributed by atoms with Gasteiger partial charge in [-0.15, -0.1) is 0 Å². The van der Waals surface area contributed by atoms with E-state index in [1.54, 1.807) is 0 Å². The summed E-state index contributed by atoms with van der Waals surface area (Å²) in [6.07, 6.45) is 4.02. The number of fused-ring (bicyclic) bond motifs is 5. The average Bonchev–Trinajstić information content (AvgIpc) is 3.18. The number of carbonyl (C=O) groups excluding carboxylic acids is 1. The molecule has 1 heterocycles. The van der Waals surface area contributed by atoms with Gasteiger partial charge in [0.1, 0.15) is 0 Å². The highest BCUT2D eigenvalue weighted by Crippen LogP contribution is 2.64. The van der Waals surface area contributed by atoms with E-state index in [1.165, 1.54) is 6.42 Å². The second-order valence-corrected chi connectivity index (χ2v) is 9.62. The first kappa shape index (κ1) is 19.2. The second-order valence-electron chi connectivity index (χ2n) is 9.62. The predicted octanol–water partition coefficient (Wildman–Crippen LogP) is 4.27. The maximum absolute atomic E-state index is 12.8. The van der Waals surface area contributed by atoms with Gasteiger partial charge >= 0.3 is 5.97 Å². The van der Waals surface area contributed by atoms with Crippen molar-refractivity contribution in [1.82, 2.24) is 0 Å². The molecule has 8 unspecified atom stereocenters. The van der Waals surface area contributed by atoms with Gasteiger partial charge < -0.3 is 14.2 Å². The summed E-state index contributed by atoms with van der Waals surface area (Å²) < 4.78 is 17.4. The lowest BCUT2D eigenvalue weighted by Gasteiger charge is -2.37. The van der Waals surface area contributed by atoms with Gasteiger partial charge in [0.15, 0.2) is 6.79 Å². The molecule has 3 fully saturated rings. The van der Waals surface area contributed by atoms with Crippen LogP contribution in [0, 0.1) is 40.9 Å². The molecule has 8 atom stereocenters. The molecule has 25 heavy (non-hydrogen) atoms. The summed E-state index contributed by atoms with van der Waals surface area (Å²) in [5.41, 5.74) is 0.0873. The lowest BCUT2D eigenvalue weighted by Crippen LogP contribution is -2.41. The summed E-state index contributed by atoms with van der Waals surface area (Å²) in [6.45, 7) is 13.7. The molecular weight excluding hydrogens is 316 g/mol. The molecule has 0 aromatic heterocycles. The van der Waals surface area contributed by atoms with Gasteiger partial charge in [-0.2, -0.15) is 0 Å². The molecule has 1 saturated heterocycles. The molecule has 144 valence electrons. The van der Waals surface area contributed by atoms with Crippen LogP contribution in [0.25, 0.3) is 0 Å². The van der Waals surface area contributed by atoms with E-state index in [-0.39, 0.29) is 24.1 Å². The molecule has 2 aliphatic carbocycles. The summed E-state index contributed by atoms with van der Waals surface area (Å²) in [7, 11) is 0. The molecule has 0 spiro atoms. The third kappa shape index (κ3) is 3.49. The lowest BCUT2D eigenvalue weighted by molar-refractivity contribution is -0.168. The molecule has 3 aliphatic rings. The minimum absolute atomic E-state index is 0.0257. The zero-order valence-corrected chi connectivity index (χ0v) is 16.8. The van der Waals surface area contributed by atoms with E-state index in [9.17, 15) is 4.79 Å². The number of esters is 1. The van der Waals surface area contributed by atoms with Crippen LogP contribution in [0.5, 0.6) is 0 Å². The van der Waals surface area contributed by atoms with Crippen LogP contribution >= 0.6 is 0 Å². The first-order chi connectivity index (χ1) is 11.8. The summed E-state index contributed by atoms with van der Waals surface area (Å²) in [6, 6.07) is 0. The maximum atomic E-state index is 12.8. The minimum Gasteiger partial charge on any atom is -0.438 e. The molecule has 0 aromatic carbocycles. The van der Waals surface area contributed by atoms with Gasteiger partial charge in [0, 0.05) is 0 Å². The van der Waals surface area contributed by atoms with Crippen molar-refractivity contribution in [3.8, 4) is 0 Å². The van der Waals surface area contributed by atoms with Gasteiger partial charge in [-0.1, -0.05) is 41.5 Å². The SMILES string of the molecule is CCC1OC(CC)C2C3CC(C(C)C3C(=O)OCOCC(C)(C)C)C12. The largest absolute Gasteiger partial charge is 0.438 e. The average molecular weight is 353 g/mol. The van der Waals surface area contributed by atoms with Crippen LogP contribution in [0.15, 0.2) is 0 Å². The molecule has 0 aromatic rings. The van der Waals surface area contributed by atoms with E-state index in [2.05, 4.69) is 41.5 Å². The zero-order chi connectivity index (χ0) is 18.4. The standard InChI is InChI=1S/C21H36O4/c1-7-15-18-13-9-14(19(18)16(8-2)25-15)17(12(13)3)20(22)24-11-23-10-21(4,5)6/h12-19H,7-11H2,1-6H3. The summed E-state index contributed by atoms with van der Waals surface area (Å²) in [5, 5.41) is 0. The number of ether oxygens (including phenoxy) is 3. The highest BCUT2D eigenvalue weighted by atomic mass is 16.7. The highest BCUT2D eigenvalue weighted by molar-refractivity contribution is 5.74. The number of hydrogen-bond acceptors (Lipinski definition) is 4. The Balaban J connectivity index is 1.62. The third-order valence-corrected chi connectivity index (χ3v) is 6.79. The topological polar surface area (TPSA) is 44.8 Å². The fourth-order valence-corrected chi connectivity index (χ4v) is 5.93. The second kappa shape index (κ2) is 7.19. The maximum Gasteiger partial charge on any atom is 0.311 e. The Hall–Kier alpha value is -0.610. The van der Waals surface area contributed by atoms with E-state index in [0.717, 1.165) is 12.8 Å². The molecule has 0 N–H and O–H groups in total. The van der Waals surface area contributed by atoms with Crippen LogP contribution in [0.2, 0.25) is 0 Å². The van der Waals surface area contributed by atoms with E-state index in [1.807, 2.05) is 0 Å². The first-order valence-electron chi connectivity index (χ1n) is 10.2. The number of carbonyl (C=O) groups is 1. The van der Waals surface area contributed by atoms with Crippen LogP contribution in [0.1, 0.15) is 60.8 Å². The lowest BCUT2D eigenvalue weighted by atomic mass is 9.66. The molecule has 2 bridgehead atoms. The van der Waals surface area contributed by atoms with E-state index in [0.29, 0.717) is 48.4 Å². The zero-order valence-electron chi connectivity index (χ0n) is 16.8. The molecule has 4 nitrogen and oxygen atoms in total. The van der Waals surface area contributed by atoms with Crippen LogP contribution in [0.3, 0.4) is 0 Å². The van der Waals surface area contributed by atoms with Gasteiger partial charge in [0.25, 0.3) is 0 Å². The van der Waals surface area contributed by atoms with Crippen molar-refractivity contribution in [3.05, 3.63) is 0 Å². The Bertz CT molecular complexity index is 483. The van der Waals surface area contributed by atoms with E-state index >= 15 is 0 Å². The van der Waals surface area contributed by atoms with E-state index in [4.69, 9.17) is 14.2 Å². The van der Waals surface area contributed by atoms with Crippen LogP contribution < -0.4 is 0 Å². The Labute approximate surface area is 153 Å². The normalized spacial score (nSPS) is 42.6. The minimum atomic E-state index is -0.0536. The van der Waals surface area contributed by atoms with Crippen LogP contribution in [-0.2, 0) is 19.0 Å². The fraction of sp³-hybridized carbons (Fsp3) is 0.952. The molecule has 1 aliphatic heterocycles. The van der Waals surface area contributed by atoms with E-state index < -0.39 is 0 Å². The Morgan fingerprint density at radius 3 is 2.24 bits per heavy atom. The molecule has 0 amide bonds. The smallest absolute Gasteiger partial charge is 0.311 e. The van der Waals surface area contributed by atoms with Gasteiger partial charge in [-0.3, -0.25) is 4.79 Å². The quantitative estimate of drug-likeness (QED) is 0.407. The molecule has 3 rings (SSSR count). The molecular formula is C21H36O4. The van der Waals surface area contributed by atoms with Gasteiger partial charge in [-0.25, -0.2) is 0 Å². The van der Waals surface area contributed by atoms with Crippen molar-refractivity contribution in [2.45, 2.75) is 73.0 Å². The molecule has 4 heteroatoms. The first-order valence-corrected chi connectivity index (χ1v) is 10.2. The van der Waals surface area contributed by atoms with Gasteiger partial charge in [0.2, 0.25) is 0 Å².